The summed E-state index contributed by atoms with van der Waals surface area (Å²) in [5.74, 6) is -0.823. The number of aryl methyl sites for hydroxylation is 1. The summed E-state index contributed by atoms with van der Waals surface area (Å²) in [4.78, 5) is 56.2. The van der Waals surface area contributed by atoms with Crippen molar-refractivity contribution in [2.24, 2.45) is 5.73 Å². The first-order chi connectivity index (χ1) is 21.7. The average Bonchev–Trinajstić information content (AvgIpc) is 3.70. The van der Waals surface area contributed by atoms with Gasteiger partial charge in [-0.25, -0.2) is 14.8 Å². The van der Waals surface area contributed by atoms with Gasteiger partial charge >= 0.3 is 0 Å². The van der Waals surface area contributed by atoms with Crippen molar-refractivity contribution in [2.45, 2.75) is 77.2 Å². The third-order valence-corrected chi connectivity index (χ3v) is 7.69. The molecular formula is C34H48N6O6. The van der Waals surface area contributed by atoms with E-state index < -0.39 is 29.4 Å². The van der Waals surface area contributed by atoms with Crippen molar-refractivity contribution in [3.8, 4) is 0 Å². The van der Waals surface area contributed by atoms with E-state index in [2.05, 4.69) is 15.6 Å². The third kappa shape index (κ3) is 10.5. The lowest BCUT2D eigenvalue weighted by atomic mass is 10.0. The molecule has 1 saturated heterocycles. The molecule has 1 aliphatic heterocycles. The number of nitrogens with zero attached hydrogens (tertiary/aromatic N) is 3. The predicted molar refractivity (Wildman–Crippen MR) is 175 cm³/mol. The molecule has 3 amide bonds. The van der Waals surface area contributed by atoms with Crippen molar-refractivity contribution in [1.29, 1.82) is 0 Å². The number of benzene rings is 2. The molecule has 2 heterocycles. The molecule has 1 fully saturated rings. The van der Waals surface area contributed by atoms with Crippen LogP contribution in [0, 0.1) is 0 Å². The molecule has 0 saturated carbocycles. The van der Waals surface area contributed by atoms with Crippen molar-refractivity contribution in [3.05, 3.63) is 84.3 Å². The second-order valence-electron chi connectivity index (χ2n) is 11.8. The van der Waals surface area contributed by atoms with E-state index in [-0.39, 0.29) is 45.0 Å². The number of imidazole rings is 1. The molecule has 46 heavy (non-hydrogen) atoms. The Hall–Kier alpha value is -4.10. The Morgan fingerprint density at radius 3 is 2.39 bits per heavy atom. The van der Waals surface area contributed by atoms with Gasteiger partial charge in [-0.2, -0.15) is 0 Å². The highest BCUT2D eigenvalue weighted by molar-refractivity contribution is 5.98. The van der Waals surface area contributed by atoms with E-state index in [1.807, 2.05) is 65.6 Å². The Bertz CT molecular complexity index is 1380. The van der Waals surface area contributed by atoms with Crippen molar-refractivity contribution in [2.75, 3.05) is 32.2 Å². The molecule has 1 aliphatic rings. The third-order valence-electron chi connectivity index (χ3n) is 7.69. The number of likely N-dealkylation sites (tertiary alicyclic amines) is 1. The minimum atomic E-state index is -1.20. The molecule has 4 N–H and O–H groups in total. The van der Waals surface area contributed by atoms with E-state index in [1.165, 1.54) is 7.11 Å². The van der Waals surface area contributed by atoms with E-state index >= 15 is 0 Å². The summed E-state index contributed by atoms with van der Waals surface area (Å²) in [6.45, 7) is 4.21. The van der Waals surface area contributed by atoms with E-state index in [9.17, 15) is 14.4 Å². The molecule has 2 unspecified atom stereocenters. The Kier molecular flexibility index (Phi) is 13.9. The van der Waals surface area contributed by atoms with Gasteiger partial charge in [-0.15, -0.1) is 0 Å². The molecule has 0 aliphatic carbocycles. The lowest BCUT2D eigenvalue weighted by Crippen LogP contribution is -2.56. The van der Waals surface area contributed by atoms with Gasteiger partial charge in [0.05, 0.1) is 38.2 Å². The zero-order valence-corrected chi connectivity index (χ0v) is 26.2. The molecular weight excluding hydrogens is 588 g/mol. The topological polar surface area (TPSA) is 150 Å². The van der Waals surface area contributed by atoms with Gasteiger partial charge in [0.15, 0.2) is 5.82 Å². The minimum Gasteiger partial charge on any atom is -0.374 e. The smallest absolute Gasteiger partial charge is 0.250 e. The molecule has 250 valence electrons. The quantitative estimate of drug-likeness (QED) is 0.159. The van der Waals surface area contributed by atoms with Crippen molar-refractivity contribution in [3.63, 3.8) is 0 Å². The van der Waals surface area contributed by atoms with E-state index in [1.54, 1.807) is 30.9 Å². The maximum absolute atomic E-state index is 13.9. The molecule has 0 spiro atoms. The fraction of sp³-hybridized carbons (Fsp3) is 0.471. The van der Waals surface area contributed by atoms with Crippen LogP contribution in [0.3, 0.4) is 0 Å². The van der Waals surface area contributed by atoms with Crippen LogP contribution in [0.1, 0.15) is 57.7 Å². The highest BCUT2D eigenvalue weighted by Gasteiger charge is 2.35. The number of carbonyl (C=O) groups is 3. The standard InChI is InChI=1S/C33H44N6O6.CH4/c1-33(2,34)32(42)36-27(22-44-20-25-13-8-5-9-14-25)30(40)37-29-19-38(23-35-29)28(17-16-24-11-6-4-7-12-24)31(41)39-18-10-15-26(39)21-45-43-3;/h4-9,11-14,19,23,26-28H,10,15-18,20-22,34H2,1-3H3,(H,36,42)(H,37,40);1H4/t26?,27-,28?;/m1./s1. The van der Waals surface area contributed by atoms with E-state index in [0.29, 0.717) is 19.4 Å². The zero-order chi connectivity index (χ0) is 32.2. The van der Waals surface area contributed by atoms with Gasteiger partial charge < -0.3 is 30.6 Å². The van der Waals surface area contributed by atoms with Crippen LogP contribution >= 0.6 is 0 Å². The van der Waals surface area contributed by atoms with Crippen molar-refractivity contribution >= 4 is 23.5 Å². The SMILES string of the molecule is C.COOCC1CCCN1C(=O)C(CCc1ccccc1)n1cnc(NC(=O)[C@@H](COCc2ccccc2)NC(=O)C(C)(C)N)c1. The summed E-state index contributed by atoms with van der Waals surface area (Å²) in [6, 6.07) is 17.8. The first kappa shape index (κ1) is 36.4. The summed E-state index contributed by atoms with van der Waals surface area (Å²) in [5.41, 5.74) is 6.82. The van der Waals surface area contributed by atoms with Crippen LogP contribution in [0.25, 0.3) is 0 Å². The monoisotopic (exact) mass is 636 g/mol. The minimum absolute atomic E-state index is 0. The molecule has 2 aromatic carbocycles. The van der Waals surface area contributed by atoms with Crippen LogP contribution in [0.5, 0.6) is 0 Å². The maximum atomic E-state index is 13.9. The molecule has 3 aromatic rings. The molecule has 3 atom stereocenters. The number of nitrogens with one attached hydrogen (secondary N) is 2. The van der Waals surface area contributed by atoms with E-state index in [4.69, 9.17) is 20.2 Å². The number of hydrogen-bond acceptors (Lipinski definition) is 8. The lowest BCUT2D eigenvalue weighted by Gasteiger charge is -2.29. The number of amides is 3. The molecule has 1 aromatic heterocycles. The number of ether oxygens (including phenoxy) is 1. The summed E-state index contributed by atoms with van der Waals surface area (Å²) in [5, 5.41) is 5.46. The number of nitrogens with two attached hydrogens (primary N) is 1. The fourth-order valence-electron chi connectivity index (χ4n) is 5.17. The highest BCUT2D eigenvalue weighted by atomic mass is 17.2. The molecule has 12 nitrogen and oxygen atoms in total. The van der Waals surface area contributed by atoms with Crippen molar-refractivity contribution < 1.29 is 28.9 Å². The maximum Gasteiger partial charge on any atom is 0.250 e. The second kappa shape index (κ2) is 17.6. The number of hydrogen-bond donors (Lipinski definition) is 3. The Balaban J connectivity index is 0.00000576. The van der Waals surface area contributed by atoms with Gasteiger partial charge in [0.1, 0.15) is 18.7 Å². The van der Waals surface area contributed by atoms with Gasteiger partial charge in [0, 0.05) is 12.7 Å². The van der Waals surface area contributed by atoms with Gasteiger partial charge in [-0.3, -0.25) is 14.4 Å². The van der Waals surface area contributed by atoms with Crippen molar-refractivity contribution in [1.82, 2.24) is 19.8 Å². The van der Waals surface area contributed by atoms with Gasteiger partial charge in [0.25, 0.3) is 5.91 Å². The van der Waals surface area contributed by atoms with E-state index in [0.717, 1.165) is 24.0 Å². The predicted octanol–water partition coefficient (Wildman–Crippen LogP) is 3.64. The van der Waals surface area contributed by atoms with Crippen LogP contribution in [0.15, 0.2) is 73.2 Å². The van der Waals surface area contributed by atoms with Crippen LogP contribution in [0.2, 0.25) is 0 Å². The Morgan fingerprint density at radius 1 is 1.07 bits per heavy atom. The summed E-state index contributed by atoms with van der Waals surface area (Å²) in [6.07, 6.45) is 6.08. The molecule has 0 radical (unpaired) electrons. The number of carbonyl (C=O) groups excluding carboxylic acids is 3. The average molecular weight is 637 g/mol. The first-order valence-electron chi connectivity index (χ1n) is 15.2. The summed E-state index contributed by atoms with van der Waals surface area (Å²) < 4.78 is 7.52. The highest BCUT2D eigenvalue weighted by Crippen LogP contribution is 2.26. The normalized spacial score (nSPS) is 15.9. The number of rotatable bonds is 16. The van der Waals surface area contributed by atoms with Crippen LogP contribution in [0.4, 0.5) is 5.82 Å². The molecule has 4 rings (SSSR count). The largest absolute Gasteiger partial charge is 0.374 e. The van der Waals surface area contributed by atoms with Gasteiger partial charge in [0.2, 0.25) is 11.8 Å². The van der Waals surface area contributed by atoms with Crippen LogP contribution in [-0.2, 0) is 41.9 Å². The first-order valence-corrected chi connectivity index (χ1v) is 15.2. The zero-order valence-electron chi connectivity index (χ0n) is 26.2. The molecule has 0 bridgehead atoms. The summed E-state index contributed by atoms with van der Waals surface area (Å²) in [7, 11) is 1.45. The summed E-state index contributed by atoms with van der Waals surface area (Å²) >= 11 is 0. The number of anilines is 1. The lowest BCUT2D eigenvalue weighted by molar-refractivity contribution is -0.278. The fourth-order valence-corrected chi connectivity index (χ4v) is 5.17. The van der Waals surface area contributed by atoms with Crippen LogP contribution in [-0.4, -0.2) is 76.7 Å². The van der Waals surface area contributed by atoms with Gasteiger partial charge in [-0.05, 0) is 50.7 Å². The number of aromatic nitrogens is 2. The molecule has 12 heteroatoms. The second-order valence-corrected chi connectivity index (χ2v) is 11.8. The van der Waals surface area contributed by atoms with Gasteiger partial charge in [-0.1, -0.05) is 68.1 Å². The van der Waals surface area contributed by atoms with Crippen LogP contribution < -0.4 is 16.4 Å². The Morgan fingerprint density at radius 2 is 1.74 bits per heavy atom. The Labute approximate surface area is 271 Å².